The summed E-state index contributed by atoms with van der Waals surface area (Å²) in [5.74, 6) is 3.30. The van der Waals surface area contributed by atoms with Crippen LogP contribution in [0.25, 0.3) is 0 Å². The van der Waals surface area contributed by atoms with E-state index in [2.05, 4.69) is 15.3 Å². The van der Waals surface area contributed by atoms with Gasteiger partial charge in [-0.05, 0) is 35.9 Å². The molecule has 1 fully saturated rings. The number of carbonyl (C=O) groups excluding carboxylic acids is 2. The first-order chi connectivity index (χ1) is 18.1. The molecular weight excluding hydrogens is 519 g/mol. The summed E-state index contributed by atoms with van der Waals surface area (Å²) < 4.78 is 28.3. The zero-order valence-corrected chi connectivity index (χ0v) is 22.1. The highest BCUT2D eigenvalue weighted by atomic mass is 32.2. The lowest BCUT2D eigenvalue weighted by Gasteiger charge is -2.25. The molecule has 9 nitrogen and oxygen atoms in total. The fraction of sp³-hybridized carbons (Fsp3) is 0.400. The van der Waals surface area contributed by atoms with Crippen LogP contribution in [-0.2, 0) is 11.3 Å². The van der Waals surface area contributed by atoms with Gasteiger partial charge < -0.3 is 14.2 Å². The number of carbonyl (C=O) groups is 2. The lowest BCUT2D eigenvalue weighted by Crippen LogP contribution is -2.35. The average molecular weight is 549 g/mol. The molecule has 0 saturated carbocycles. The van der Waals surface area contributed by atoms with Crippen molar-refractivity contribution >= 4 is 46.3 Å². The van der Waals surface area contributed by atoms with Crippen LogP contribution >= 0.6 is 23.5 Å². The summed E-state index contributed by atoms with van der Waals surface area (Å²) in [4.78, 5) is 26.9. The Morgan fingerprint density at radius 1 is 1.14 bits per heavy atom. The van der Waals surface area contributed by atoms with Gasteiger partial charge in [0.05, 0.1) is 19.4 Å². The van der Waals surface area contributed by atoms with E-state index >= 15 is 0 Å². The van der Waals surface area contributed by atoms with E-state index in [1.165, 1.54) is 12.1 Å². The molecule has 2 aromatic rings. The van der Waals surface area contributed by atoms with Crippen molar-refractivity contribution in [2.45, 2.75) is 6.54 Å². The second kappa shape index (κ2) is 13.5. The Hall–Kier alpha value is -2.96. The second-order valence-electron chi connectivity index (χ2n) is 8.19. The smallest absolute Gasteiger partial charge is 0.411 e. The van der Waals surface area contributed by atoms with Crippen molar-refractivity contribution in [1.82, 2.24) is 9.91 Å². The van der Waals surface area contributed by atoms with Crippen LogP contribution in [0.15, 0.2) is 47.6 Å². The number of ether oxygens (including phenoxy) is 3. The lowest BCUT2D eigenvalue weighted by molar-refractivity contribution is 0.142. The highest BCUT2D eigenvalue weighted by Gasteiger charge is 2.23. The minimum absolute atomic E-state index is 0.171. The summed E-state index contributed by atoms with van der Waals surface area (Å²) in [6.45, 7) is 2.41. The molecule has 2 amide bonds. The van der Waals surface area contributed by atoms with Crippen molar-refractivity contribution in [3.63, 3.8) is 0 Å². The van der Waals surface area contributed by atoms with Gasteiger partial charge in [-0.3, -0.25) is 15.0 Å². The topological polar surface area (TPSA) is 92.7 Å². The van der Waals surface area contributed by atoms with Crippen molar-refractivity contribution in [2.75, 3.05) is 62.8 Å². The Morgan fingerprint density at radius 2 is 1.92 bits per heavy atom. The van der Waals surface area contributed by atoms with Crippen LogP contribution in [-0.4, -0.2) is 84.4 Å². The molecule has 198 valence electrons. The van der Waals surface area contributed by atoms with Gasteiger partial charge in [-0.15, -0.1) is 0 Å². The summed E-state index contributed by atoms with van der Waals surface area (Å²) >= 11 is 3.08. The minimum atomic E-state index is -0.980. The molecule has 2 aliphatic rings. The van der Waals surface area contributed by atoms with Crippen LogP contribution in [0, 0.1) is 0 Å². The number of alkyl halides is 1. The molecule has 2 aliphatic heterocycles. The van der Waals surface area contributed by atoms with E-state index in [9.17, 15) is 14.0 Å². The monoisotopic (exact) mass is 548 g/mol. The molecule has 0 radical (unpaired) electrons. The van der Waals surface area contributed by atoms with Gasteiger partial charge >= 0.3 is 11.3 Å². The molecule has 4 rings (SSSR count). The highest BCUT2D eigenvalue weighted by Crippen LogP contribution is 2.30. The molecule has 12 heteroatoms. The van der Waals surface area contributed by atoms with Gasteiger partial charge in [-0.25, -0.2) is 14.2 Å². The van der Waals surface area contributed by atoms with Gasteiger partial charge in [0, 0.05) is 48.1 Å². The summed E-state index contributed by atoms with van der Waals surface area (Å²) in [7, 11) is 1.48. The molecule has 2 aromatic carbocycles. The number of methoxy groups -OCH3 is 1. The van der Waals surface area contributed by atoms with Gasteiger partial charge in [0.25, 0.3) is 0 Å². The van der Waals surface area contributed by atoms with Gasteiger partial charge in [0.1, 0.15) is 6.61 Å². The van der Waals surface area contributed by atoms with Crippen molar-refractivity contribution in [3.8, 4) is 11.5 Å². The molecule has 2 heterocycles. The first-order valence-electron chi connectivity index (χ1n) is 11.8. The molecule has 0 spiro atoms. The van der Waals surface area contributed by atoms with Gasteiger partial charge in [0.15, 0.2) is 11.5 Å². The summed E-state index contributed by atoms with van der Waals surface area (Å²) in [6.07, 6.45) is -0.494. The van der Waals surface area contributed by atoms with Crippen LogP contribution in [0.1, 0.15) is 11.1 Å². The molecule has 0 unspecified atom stereocenters. The Labute approximate surface area is 223 Å². The fourth-order valence-electron chi connectivity index (χ4n) is 3.80. The number of thioether (sulfide) groups is 2. The SMILES string of the molecule is COc1ccc(C2=NN(Cc3ccc(NC(=O)OCCN4CCSCC4)cc3)C(=O)SC2)cc1OCF. The standard InChI is InChI=1S/C25H29FN4O5S2/c1-33-22-7-4-19(14-23(22)35-17-26)21-16-37-25(32)30(28-21)15-18-2-5-20(6-3-18)27-24(31)34-11-8-29-9-12-36-13-10-29/h2-7,14H,8-13,15-17H2,1H3,(H,27,31). The Balaban J connectivity index is 1.32. The first-order valence-corrected chi connectivity index (χ1v) is 13.9. The maximum atomic E-state index is 12.8. The fourth-order valence-corrected chi connectivity index (χ4v) is 5.52. The van der Waals surface area contributed by atoms with E-state index in [1.54, 1.807) is 30.3 Å². The number of anilines is 1. The third-order valence-corrected chi connectivity index (χ3v) is 7.59. The number of nitrogens with zero attached hydrogens (tertiary/aromatic N) is 3. The average Bonchev–Trinajstić information content (AvgIpc) is 2.92. The van der Waals surface area contributed by atoms with E-state index in [4.69, 9.17) is 14.2 Å². The van der Waals surface area contributed by atoms with E-state index < -0.39 is 13.0 Å². The third-order valence-electron chi connectivity index (χ3n) is 5.77. The summed E-state index contributed by atoms with van der Waals surface area (Å²) in [5, 5.41) is 8.47. The number of rotatable bonds is 10. The zero-order chi connectivity index (χ0) is 26.0. The Morgan fingerprint density at radius 3 is 2.65 bits per heavy atom. The number of benzene rings is 2. The molecule has 1 N–H and O–H groups in total. The van der Waals surface area contributed by atoms with Crippen molar-refractivity contribution in [1.29, 1.82) is 0 Å². The van der Waals surface area contributed by atoms with Crippen LogP contribution < -0.4 is 14.8 Å². The molecule has 0 aromatic heterocycles. The molecule has 0 atom stereocenters. The molecule has 0 aliphatic carbocycles. The first kappa shape index (κ1) is 27.1. The van der Waals surface area contributed by atoms with Crippen LogP contribution in [0.5, 0.6) is 11.5 Å². The van der Waals surface area contributed by atoms with Crippen molar-refractivity contribution < 1.29 is 28.2 Å². The lowest BCUT2D eigenvalue weighted by atomic mass is 10.1. The molecule has 37 heavy (non-hydrogen) atoms. The number of halogens is 1. The number of hydrazone groups is 1. The Kier molecular flexibility index (Phi) is 9.92. The quantitative estimate of drug-likeness (QED) is 0.458. The van der Waals surface area contributed by atoms with E-state index in [0.717, 1.165) is 48.5 Å². The molecular formula is C25H29FN4O5S2. The molecule has 1 saturated heterocycles. The minimum Gasteiger partial charge on any atom is -0.493 e. The van der Waals surface area contributed by atoms with E-state index in [-0.39, 0.29) is 17.5 Å². The second-order valence-corrected chi connectivity index (χ2v) is 10.3. The van der Waals surface area contributed by atoms with Crippen molar-refractivity contribution in [3.05, 3.63) is 53.6 Å². The predicted molar refractivity (Wildman–Crippen MR) is 145 cm³/mol. The number of hydrogen-bond donors (Lipinski definition) is 1. The van der Waals surface area contributed by atoms with Crippen LogP contribution in [0.4, 0.5) is 19.7 Å². The Bertz CT molecular complexity index is 1110. The normalized spacial score (nSPS) is 16.2. The molecule has 0 bridgehead atoms. The van der Waals surface area contributed by atoms with Gasteiger partial charge in [-0.1, -0.05) is 23.9 Å². The summed E-state index contributed by atoms with van der Waals surface area (Å²) in [5.41, 5.74) is 2.83. The zero-order valence-electron chi connectivity index (χ0n) is 20.5. The maximum absolute atomic E-state index is 12.8. The highest BCUT2D eigenvalue weighted by molar-refractivity contribution is 8.14. The van der Waals surface area contributed by atoms with E-state index in [0.29, 0.717) is 35.1 Å². The van der Waals surface area contributed by atoms with Gasteiger partial charge in [0.2, 0.25) is 6.86 Å². The van der Waals surface area contributed by atoms with Crippen LogP contribution in [0.2, 0.25) is 0 Å². The number of nitrogens with one attached hydrogen (secondary N) is 1. The van der Waals surface area contributed by atoms with Gasteiger partial charge in [-0.2, -0.15) is 16.9 Å². The largest absolute Gasteiger partial charge is 0.493 e. The number of amides is 2. The summed E-state index contributed by atoms with van der Waals surface area (Å²) in [6, 6.07) is 12.3. The number of hydrogen-bond acceptors (Lipinski definition) is 9. The predicted octanol–water partition coefficient (Wildman–Crippen LogP) is 4.67. The maximum Gasteiger partial charge on any atom is 0.411 e. The van der Waals surface area contributed by atoms with Crippen LogP contribution in [0.3, 0.4) is 0 Å². The van der Waals surface area contributed by atoms with E-state index in [1.807, 2.05) is 23.9 Å². The third kappa shape index (κ3) is 7.76. The van der Waals surface area contributed by atoms with Crippen molar-refractivity contribution in [2.24, 2.45) is 5.10 Å².